The highest BCUT2D eigenvalue weighted by Crippen LogP contribution is 2.37. The summed E-state index contributed by atoms with van der Waals surface area (Å²) in [7, 11) is 0. The average molecular weight is 515 g/mol. The SMILES string of the molecule is CCCCCCN1C(=O)/C(=C/c2c(C)c(C#N)c(=O)n(CCCC)c2N2CCCC(C)C2)SC1=S. The summed E-state index contributed by atoms with van der Waals surface area (Å²) in [6, 6.07) is 2.14. The van der Waals surface area contributed by atoms with Gasteiger partial charge < -0.3 is 4.90 Å². The van der Waals surface area contributed by atoms with E-state index in [1.165, 1.54) is 11.8 Å². The Labute approximate surface area is 219 Å². The Balaban J connectivity index is 2.10. The fourth-order valence-corrected chi connectivity index (χ4v) is 6.20. The maximum absolute atomic E-state index is 13.4. The summed E-state index contributed by atoms with van der Waals surface area (Å²) in [5.41, 5.74) is 1.38. The molecule has 2 aliphatic rings. The molecule has 2 fully saturated rings. The number of anilines is 1. The first kappa shape index (κ1) is 27.5. The van der Waals surface area contributed by atoms with Crippen molar-refractivity contribution in [3.05, 3.63) is 31.9 Å². The fourth-order valence-electron chi connectivity index (χ4n) is 4.91. The molecule has 1 unspecified atom stereocenters. The van der Waals surface area contributed by atoms with E-state index in [4.69, 9.17) is 12.2 Å². The van der Waals surface area contributed by atoms with Crippen molar-refractivity contribution < 1.29 is 4.79 Å². The van der Waals surface area contributed by atoms with Gasteiger partial charge in [0.2, 0.25) is 0 Å². The number of nitriles is 1. The van der Waals surface area contributed by atoms with Crippen LogP contribution >= 0.6 is 24.0 Å². The maximum atomic E-state index is 13.4. The number of hydrogen-bond donors (Lipinski definition) is 0. The standard InChI is InChI=1S/C27H38N4O2S2/c1-5-7-9-10-15-31-26(33)23(35-27(31)34)16-21-20(4)22(17-28)25(32)30(14-8-6-2)24(21)29-13-11-12-19(3)18-29/h16,19H,5-15,18H2,1-4H3/b23-16-. The number of rotatable bonds is 10. The van der Waals surface area contributed by atoms with E-state index in [-0.39, 0.29) is 17.0 Å². The first-order chi connectivity index (χ1) is 16.8. The third-order valence-corrected chi connectivity index (χ3v) is 8.30. The van der Waals surface area contributed by atoms with Crippen LogP contribution in [-0.4, -0.2) is 39.3 Å². The van der Waals surface area contributed by atoms with Crippen LogP contribution in [0.3, 0.4) is 0 Å². The highest BCUT2D eigenvalue weighted by Gasteiger charge is 2.33. The molecule has 0 radical (unpaired) electrons. The minimum Gasteiger partial charge on any atom is -0.357 e. The van der Waals surface area contributed by atoms with Gasteiger partial charge in [-0.1, -0.05) is 70.4 Å². The summed E-state index contributed by atoms with van der Waals surface area (Å²) in [5.74, 6) is 1.29. The van der Waals surface area contributed by atoms with E-state index in [2.05, 4.69) is 31.7 Å². The summed E-state index contributed by atoms with van der Waals surface area (Å²) >= 11 is 6.88. The molecule has 2 aliphatic heterocycles. The zero-order valence-corrected chi connectivity index (χ0v) is 23.2. The molecule has 0 saturated carbocycles. The van der Waals surface area contributed by atoms with Crippen molar-refractivity contribution in [1.82, 2.24) is 9.47 Å². The lowest BCUT2D eigenvalue weighted by Crippen LogP contribution is -2.40. The van der Waals surface area contributed by atoms with E-state index in [0.29, 0.717) is 33.8 Å². The summed E-state index contributed by atoms with van der Waals surface area (Å²) in [4.78, 5) is 31.3. The van der Waals surface area contributed by atoms with Gasteiger partial charge in [0.25, 0.3) is 11.5 Å². The molecule has 190 valence electrons. The lowest BCUT2D eigenvalue weighted by atomic mass is 9.98. The van der Waals surface area contributed by atoms with Gasteiger partial charge in [0, 0.05) is 31.7 Å². The van der Waals surface area contributed by atoms with Crippen LogP contribution in [0.2, 0.25) is 0 Å². The number of unbranched alkanes of at least 4 members (excludes halogenated alkanes) is 4. The second-order valence-corrected chi connectivity index (χ2v) is 11.4. The van der Waals surface area contributed by atoms with Crippen molar-refractivity contribution in [1.29, 1.82) is 5.26 Å². The second-order valence-electron chi connectivity index (χ2n) is 9.75. The van der Waals surface area contributed by atoms with Crippen LogP contribution in [0.4, 0.5) is 5.82 Å². The van der Waals surface area contributed by atoms with Crippen LogP contribution < -0.4 is 10.5 Å². The van der Waals surface area contributed by atoms with Crippen LogP contribution in [0.1, 0.15) is 88.8 Å². The van der Waals surface area contributed by atoms with Gasteiger partial charge in [0.15, 0.2) is 0 Å². The average Bonchev–Trinajstić information content (AvgIpc) is 3.10. The van der Waals surface area contributed by atoms with Crippen molar-refractivity contribution in [2.45, 2.75) is 85.6 Å². The number of thiocarbonyl (C=S) groups is 1. The molecule has 8 heteroatoms. The Morgan fingerprint density at radius 3 is 2.54 bits per heavy atom. The number of piperidine rings is 1. The largest absolute Gasteiger partial charge is 0.357 e. The molecule has 0 spiro atoms. The molecule has 1 amide bonds. The number of thioether (sulfide) groups is 1. The molecule has 1 aromatic rings. The van der Waals surface area contributed by atoms with Gasteiger partial charge in [-0.15, -0.1) is 0 Å². The predicted octanol–water partition coefficient (Wildman–Crippen LogP) is 5.85. The molecule has 6 nitrogen and oxygen atoms in total. The smallest absolute Gasteiger partial charge is 0.270 e. The van der Waals surface area contributed by atoms with Crippen LogP contribution in [0.15, 0.2) is 9.70 Å². The van der Waals surface area contributed by atoms with Gasteiger partial charge in [-0.05, 0) is 50.2 Å². The van der Waals surface area contributed by atoms with E-state index >= 15 is 0 Å². The van der Waals surface area contributed by atoms with Gasteiger partial charge in [0.1, 0.15) is 21.8 Å². The predicted molar refractivity (Wildman–Crippen MR) is 150 cm³/mol. The fraction of sp³-hybridized carbons (Fsp3) is 0.630. The highest BCUT2D eigenvalue weighted by atomic mass is 32.2. The summed E-state index contributed by atoms with van der Waals surface area (Å²) in [6.45, 7) is 11.2. The van der Waals surface area contributed by atoms with Crippen LogP contribution in [0, 0.1) is 24.2 Å². The van der Waals surface area contributed by atoms with E-state index < -0.39 is 0 Å². The van der Waals surface area contributed by atoms with Crippen LogP contribution in [0.5, 0.6) is 0 Å². The summed E-state index contributed by atoms with van der Waals surface area (Å²) in [5, 5.41) is 9.86. The van der Waals surface area contributed by atoms with Gasteiger partial charge in [0.05, 0.1) is 4.91 Å². The molecule has 1 aromatic heterocycles. The monoisotopic (exact) mass is 514 g/mol. The third-order valence-electron chi connectivity index (χ3n) is 6.92. The van der Waals surface area contributed by atoms with Gasteiger partial charge in [-0.2, -0.15) is 5.26 Å². The van der Waals surface area contributed by atoms with Gasteiger partial charge in [-0.3, -0.25) is 19.1 Å². The zero-order chi connectivity index (χ0) is 25.5. The Hall–Kier alpha value is -2.11. The van der Waals surface area contributed by atoms with Crippen LogP contribution in [0.25, 0.3) is 6.08 Å². The summed E-state index contributed by atoms with van der Waals surface area (Å²) < 4.78 is 2.37. The van der Waals surface area contributed by atoms with Crippen LogP contribution in [-0.2, 0) is 11.3 Å². The highest BCUT2D eigenvalue weighted by molar-refractivity contribution is 8.26. The summed E-state index contributed by atoms with van der Waals surface area (Å²) in [6.07, 6.45) is 10.2. The molecule has 0 aromatic carbocycles. The van der Waals surface area contributed by atoms with E-state index in [0.717, 1.165) is 75.8 Å². The quantitative estimate of drug-likeness (QED) is 0.222. The van der Waals surface area contributed by atoms with E-state index in [9.17, 15) is 14.9 Å². The number of pyridine rings is 1. The molecule has 0 aliphatic carbocycles. The minimum atomic E-state index is -0.229. The lowest BCUT2D eigenvalue weighted by Gasteiger charge is -2.36. The number of carbonyl (C=O) groups excluding carboxylic acids is 1. The normalized spacial score (nSPS) is 19.6. The number of aromatic nitrogens is 1. The van der Waals surface area contributed by atoms with Crippen molar-refractivity contribution in [3.8, 4) is 6.07 Å². The molecule has 35 heavy (non-hydrogen) atoms. The molecule has 3 heterocycles. The number of amides is 1. The molecular weight excluding hydrogens is 476 g/mol. The first-order valence-corrected chi connectivity index (χ1v) is 14.2. The number of hydrogen-bond acceptors (Lipinski definition) is 6. The minimum absolute atomic E-state index is 0.0707. The van der Waals surface area contributed by atoms with Gasteiger partial charge >= 0.3 is 0 Å². The second kappa shape index (κ2) is 12.7. The Kier molecular flexibility index (Phi) is 9.99. The third kappa shape index (κ3) is 6.18. The molecule has 2 saturated heterocycles. The molecule has 1 atom stereocenters. The number of nitrogens with zero attached hydrogens (tertiary/aromatic N) is 4. The zero-order valence-electron chi connectivity index (χ0n) is 21.6. The molecule has 0 N–H and O–H groups in total. The maximum Gasteiger partial charge on any atom is 0.270 e. The van der Waals surface area contributed by atoms with E-state index in [1.807, 2.05) is 13.0 Å². The van der Waals surface area contributed by atoms with E-state index in [1.54, 1.807) is 9.47 Å². The molecule has 3 rings (SSSR count). The topological polar surface area (TPSA) is 69.3 Å². The van der Waals surface area contributed by atoms with Crippen molar-refractivity contribution in [2.75, 3.05) is 24.5 Å². The van der Waals surface area contributed by atoms with Gasteiger partial charge in [-0.25, -0.2) is 0 Å². The van der Waals surface area contributed by atoms with Crippen molar-refractivity contribution in [3.63, 3.8) is 0 Å². The lowest BCUT2D eigenvalue weighted by molar-refractivity contribution is -0.122. The molecular formula is C27H38N4O2S2. The van der Waals surface area contributed by atoms with Crippen molar-refractivity contribution in [2.24, 2.45) is 5.92 Å². The van der Waals surface area contributed by atoms with Crippen molar-refractivity contribution >= 4 is 46.1 Å². The Morgan fingerprint density at radius 2 is 1.89 bits per heavy atom. The Morgan fingerprint density at radius 1 is 1.14 bits per heavy atom. The first-order valence-electron chi connectivity index (χ1n) is 13.0. The number of carbonyl (C=O) groups is 1. The molecule has 0 bridgehead atoms. The Bertz CT molecular complexity index is 1090.